The van der Waals surface area contributed by atoms with Crippen molar-refractivity contribution in [2.45, 2.75) is 5.51 Å². The van der Waals surface area contributed by atoms with Gasteiger partial charge < -0.3 is 16.4 Å². The number of nitrogens with two attached hydrogens (primary N) is 1. The van der Waals surface area contributed by atoms with E-state index in [0.29, 0.717) is 16.9 Å². The maximum Gasteiger partial charge on any atom is 0.441 e. The molecule has 0 saturated heterocycles. The summed E-state index contributed by atoms with van der Waals surface area (Å²) in [5, 5.41) is 5.23. The summed E-state index contributed by atoms with van der Waals surface area (Å²) in [7, 11) is 1.47. The second kappa shape index (κ2) is 6.55. The third-order valence-corrected chi connectivity index (χ3v) is 2.93. The van der Waals surface area contributed by atoms with Crippen molar-refractivity contribution in [3.8, 4) is 0 Å². The van der Waals surface area contributed by atoms with Gasteiger partial charge in [-0.1, -0.05) is 0 Å². The van der Waals surface area contributed by atoms with Gasteiger partial charge in [0.05, 0.1) is 5.56 Å². The Kier molecular flexibility index (Phi) is 5.34. The number of halogens is 3. The van der Waals surface area contributed by atoms with Gasteiger partial charge in [0.1, 0.15) is 0 Å². The van der Waals surface area contributed by atoms with Gasteiger partial charge >= 0.3 is 5.51 Å². The van der Waals surface area contributed by atoms with E-state index in [2.05, 4.69) is 10.6 Å². The summed E-state index contributed by atoms with van der Waals surface area (Å²) >= 11 is -0.117. The number of hydrogen-bond donors (Lipinski definition) is 3. The molecular weight excluding hydrogens is 279 g/mol. The number of carbonyl (C=O) groups is 1. The van der Waals surface area contributed by atoms with Crippen LogP contribution in [0.2, 0.25) is 0 Å². The lowest BCUT2D eigenvalue weighted by atomic mass is 10.1. The molecule has 0 spiro atoms. The molecular formula is C11H14F3N3OS. The molecule has 106 valence electrons. The number of amides is 1. The second-order valence-electron chi connectivity index (χ2n) is 3.61. The van der Waals surface area contributed by atoms with Crippen molar-refractivity contribution >= 4 is 29.0 Å². The Morgan fingerprint density at radius 2 is 2.11 bits per heavy atom. The molecule has 0 fully saturated rings. The topological polar surface area (TPSA) is 67.2 Å². The number of nitrogens with one attached hydrogen (secondary N) is 2. The summed E-state index contributed by atoms with van der Waals surface area (Å²) in [6, 6.07) is 4.59. The van der Waals surface area contributed by atoms with Crippen molar-refractivity contribution in [2.75, 3.05) is 30.4 Å². The molecule has 0 unspecified atom stereocenters. The van der Waals surface area contributed by atoms with Crippen LogP contribution in [0.1, 0.15) is 10.4 Å². The Bertz CT molecular complexity index is 451. The molecule has 1 aromatic carbocycles. The van der Waals surface area contributed by atoms with E-state index in [1.165, 1.54) is 19.2 Å². The molecule has 0 aliphatic heterocycles. The maximum absolute atomic E-state index is 12.0. The molecule has 1 amide bonds. The molecule has 1 aromatic rings. The number of alkyl halides is 3. The fourth-order valence-electron chi connectivity index (χ4n) is 1.39. The average molecular weight is 293 g/mol. The molecule has 4 N–H and O–H groups in total. The van der Waals surface area contributed by atoms with E-state index >= 15 is 0 Å². The zero-order valence-corrected chi connectivity index (χ0v) is 11.0. The van der Waals surface area contributed by atoms with E-state index in [9.17, 15) is 18.0 Å². The summed E-state index contributed by atoms with van der Waals surface area (Å²) in [4.78, 5) is 11.6. The first-order chi connectivity index (χ1) is 8.83. The predicted molar refractivity (Wildman–Crippen MR) is 71.2 cm³/mol. The van der Waals surface area contributed by atoms with Crippen molar-refractivity contribution in [3.05, 3.63) is 23.8 Å². The van der Waals surface area contributed by atoms with E-state index in [4.69, 9.17) is 5.73 Å². The van der Waals surface area contributed by atoms with Gasteiger partial charge in [-0.2, -0.15) is 13.2 Å². The van der Waals surface area contributed by atoms with E-state index in [-0.39, 0.29) is 30.0 Å². The highest BCUT2D eigenvalue weighted by atomic mass is 32.2. The quantitative estimate of drug-likeness (QED) is 0.575. The highest BCUT2D eigenvalue weighted by Crippen LogP contribution is 2.29. The molecule has 8 heteroatoms. The van der Waals surface area contributed by atoms with Crippen LogP contribution in [0.5, 0.6) is 0 Å². The zero-order chi connectivity index (χ0) is 14.5. The first kappa shape index (κ1) is 15.5. The molecule has 0 saturated carbocycles. The molecule has 0 aliphatic carbocycles. The van der Waals surface area contributed by atoms with Crippen LogP contribution in [0, 0.1) is 0 Å². The molecule has 0 bridgehead atoms. The third-order valence-electron chi connectivity index (χ3n) is 2.20. The predicted octanol–water partition coefficient (Wildman–Crippen LogP) is 2.29. The maximum atomic E-state index is 12.0. The van der Waals surface area contributed by atoms with Gasteiger partial charge in [0.15, 0.2) is 0 Å². The normalized spacial score (nSPS) is 11.2. The lowest BCUT2D eigenvalue weighted by molar-refractivity contribution is -0.0327. The van der Waals surface area contributed by atoms with Gasteiger partial charge in [-0.05, 0) is 30.0 Å². The first-order valence-electron chi connectivity index (χ1n) is 5.39. The Balaban J connectivity index is 2.66. The van der Waals surface area contributed by atoms with E-state index in [1.54, 1.807) is 6.07 Å². The van der Waals surface area contributed by atoms with Crippen molar-refractivity contribution in [1.82, 2.24) is 5.32 Å². The molecule has 0 aliphatic rings. The number of rotatable bonds is 5. The summed E-state index contributed by atoms with van der Waals surface area (Å²) in [6.07, 6.45) is 0. The minimum Gasteiger partial charge on any atom is -0.399 e. The largest absolute Gasteiger partial charge is 0.441 e. The van der Waals surface area contributed by atoms with Gasteiger partial charge in [-0.25, -0.2) is 0 Å². The number of thioether (sulfide) groups is 1. The summed E-state index contributed by atoms with van der Waals surface area (Å²) in [5.74, 6) is -0.475. The number of anilines is 2. The van der Waals surface area contributed by atoms with Gasteiger partial charge in [0.25, 0.3) is 5.91 Å². The SMILES string of the molecule is CNC(=O)c1ccc(N)cc1NCCSC(F)(F)F. The van der Waals surface area contributed by atoms with Crippen molar-refractivity contribution in [3.63, 3.8) is 0 Å². The van der Waals surface area contributed by atoms with Gasteiger partial charge in [0, 0.05) is 30.7 Å². The van der Waals surface area contributed by atoms with Crippen molar-refractivity contribution in [2.24, 2.45) is 0 Å². The Labute approximate surface area is 112 Å². The van der Waals surface area contributed by atoms with Crippen LogP contribution in [0.3, 0.4) is 0 Å². The zero-order valence-electron chi connectivity index (χ0n) is 10.2. The van der Waals surface area contributed by atoms with Gasteiger partial charge in [-0.15, -0.1) is 0 Å². The molecule has 1 rings (SSSR count). The first-order valence-corrected chi connectivity index (χ1v) is 6.38. The highest BCUT2D eigenvalue weighted by Gasteiger charge is 2.27. The molecule has 4 nitrogen and oxygen atoms in total. The molecule has 0 aromatic heterocycles. The molecule has 0 atom stereocenters. The number of nitrogen functional groups attached to an aromatic ring is 1. The van der Waals surface area contributed by atoms with Crippen LogP contribution in [-0.4, -0.2) is 30.8 Å². The monoisotopic (exact) mass is 293 g/mol. The van der Waals surface area contributed by atoms with Crippen LogP contribution < -0.4 is 16.4 Å². The summed E-state index contributed by atoms with van der Waals surface area (Å²) in [5.41, 5.74) is 2.53. The van der Waals surface area contributed by atoms with E-state index in [1.807, 2.05) is 0 Å². The van der Waals surface area contributed by atoms with E-state index < -0.39 is 5.51 Å². The third kappa shape index (κ3) is 5.29. The number of carbonyl (C=O) groups excluding carboxylic acids is 1. The Morgan fingerprint density at radius 3 is 2.68 bits per heavy atom. The highest BCUT2D eigenvalue weighted by molar-refractivity contribution is 8.00. The average Bonchev–Trinajstić information content (AvgIpc) is 2.33. The smallest absolute Gasteiger partial charge is 0.399 e. The Morgan fingerprint density at radius 1 is 1.42 bits per heavy atom. The van der Waals surface area contributed by atoms with Gasteiger partial charge in [0.2, 0.25) is 0 Å². The number of benzene rings is 1. The fourth-order valence-corrected chi connectivity index (χ4v) is 1.83. The van der Waals surface area contributed by atoms with Crippen LogP contribution in [0.15, 0.2) is 18.2 Å². The molecule has 0 heterocycles. The summed E-state index contributed by atoms with van der Waals surface area (Å²) < 4.78 is 35.9. The van der Waals surface area contributed by atoms with Crippen molar-refractivity contribution in [1.29, 1.82) is 0 Å². The standard InChI is InChI=1S/C11H14F3N3OS/c1-16-10(18)8-3-2-7(15)6-9(8)17-4-5-19-11(12,13)14/h2-3,6,17H,4-5,15H2,1H3,(H,16,18). The minimum absolute atomic E-state index is 0.0810. The van der Waals surface area contributed by atoms with Crippen LogP contribution in [-0.2, 0) is 0 Å². The second-order valence-corrected chi connectivity index (χ2v) is 4.76. The van der Waals surface area contributed by atoms with Crippen LogP contribution in [0.4, 0.5) is 24.5 Å². The lowest BCUT2D eigenvalue weighted by Crippen LogP contribution is -2.20. The Hall–Kier alpha value is -1.57. The van der Waals surface area contributed by atoms with Crippen molar-refractivity contribution < 1.29 is 18.0 Å². The molecule has 19 heavy (non-hydrogen) atoms. The van der Waals surface area contributed by atoms with Crippen LogP contribution in [0.25, 0.3) is 0 Å². The summed E-state index contributed by atoms with van der Waals surface area (Å²) in [6.45, 7) is 0.0810. The van der Waals surface area contributed by atoms with Crippen LogP contribution >= 0.6 is 11.8 Å². The van der Waals surface area contributed by atoms with E-state index in [0.717, 1.165) is 0 Å². The number of hydrogen-bond acceptors (Lipinski definition) is 4. The van der Waals surface area contributed by atoms with Gasteiger partial charge in [-0.3, -0.25) is 4.79 Å². The fraction of sp³-hybridized carbons (Fsp3) is 0.364. The molecule has 0 radical (unpaired) electrons. The lowest BCUT2D eigenvalue weighted by Gasteiger charge is -2.12. The minimum atomic E-state index is -4.25.